The van der Waals surface area contributed by atoms with Gasteiger partial charge >= 0.3 is 0 Å². The lowest BCUT2D eigenvalue weighted by molar-refractivity contribution is -0.130. The quantitative estimate of drug-likeness (QED) is 0.906. The lowest BCUT2D eigenvalue weighted by Gasteiger charge is -2.18. The first kappa shape index (κ1) is 17.0. The summed E-state index contributed by atoms with van der Waals surface area (Å²) in [5.74, 6) is 0.246. The molecule has 3 nitrogen and oxygen atoms in total. The number of benzene rings is 1. The van der Waals surface area contributed by atoms with Gasteiger partial charge in [-0.25, -0.2) is 0 Å². The first-order valence-electron chi connectivity index (χ1n) is 7.18. The van der Waals surface area contributed by atoms with Crippen molar-refractivity contribution in [3.05, 3.63) is 35.4 Å². The number of carbonyl (C=O) groups is 1. The molecule has 112 valence electrons. The van der Waals surface area contributed by atoms with Gasteiger partial charge in [0.15, 0.2) is 0 Å². The van der Waals surface area contributed by atoms with Gasteiger partial charge in [-0.2, -0.15) is 0 Å². The molecule has 1 atom stereocenters. The summed E-state index contributed by atoms with van der Waals surface area (Å²) in [5, 5.41) is 3.44. The van der Waals surface area contributed by atoms with Crippen molar-refractivity contribution in [1.82, 2.24) is 10.2 Å². The first-order valence-corrected chi connectivity index (χ1v) is 7.18. The van der Waals surface area contributed by atoms with E-state index >= 15 is 0 Å². The summed E-state index contributed by atoms with van der Waals surface area (Å²) in [4.78, 5) is 13.9. The largest absolute Gasteiger partial charge is 0.341 e. The summed E-state index contributed by atoms with van der Waals surface area (Å²) in [6, 6.07) is 8.90. The predicted octanol–water partition coefficient (Wildman–Crippen LogP) is 2.91. The van der Waals surface area contributed by atoms with Gasteiger partial charge in [0.2, 0.25) is 5.91 Å². The number of hydrogen-bond donors (Lipinski definition) is 1. The molecule has 4 heteroatoms. The average Bonchev–Trinajstić information content (AvgIpc) is 2.89. The van der Waals surface area contributed by atoms with E-state index in [4.69, 9.17) is 0 Å². The SMILES string of the molecule is Cc1cccc(CN(C)C(=O)CCC2CCCN2)c1.Cl. The molecule has 1 saturated heterocycles. The van der Waals surface area contributed by atoms with E-state index in [1.807, 2.05) is 18.0 Å². The van der Waals surface area contributed by atoms with Crippen LogP contribution in [0.1, 0.15) is 36.8 Å². The zero-order valence-electron chi connectivity index (χ0n) is 12.4. The molecule has 0 saturated carbocycles. The first-order chi connectivity index (χ1) is 9.15. The normalized spacial score (nSPS) is 17.6. The maximum Gasteiger partial charge on any atom is 0.222 e. The van der Waals surface area contributed by atoms with Gasteiger partial charge < -0.3 is 10.2 Å². The van der Waals surface area contributed by atoms with Crippen LogP contribution < -0.4 is 5.32 Å². The predicted molar refractivity (Wildman–Crippen MR) is 85.2 cm³/mol. The van der Waals surface area contributed by atoms with E-state index in [0.29, 0.717) is 19.0 Å². The third-order valence-electron chi connectivity index (χ3n) is 3.80. The topological polar surface area (TPSA) is 32.3 Å². The van der Waals surface area contributed by atoms with Crippen LogP contribution in [-0.2, 0) is 11.3 Å². The van der Waals surface area contributed by atoms with Crippen LogP contribution in [0, 0.1) is 6.92 Å². The zero-order valence-corrected chi connectivity index (χ0v) is 13.2. The lowest BCUT2D eigenvalue weighted by atomic mass is 10.1. The summed E-state index contributed by atoms with van der Waals surface area (Å²) in [7, 11) is 1.90. The third-order valence-corrected chi connectivity index (χ3v) is 3.80. The lowest BCUT2D eigenvalue weighted by Crippen LogP contribution is -2.29. The van der Waals surface area contributed by atoms with Crippen LogP contribution in [0.3, 0.4) is 0 Å². The van der Waals surface area contributed by atoms with Crippen LogP contribution in [0.4, 0.5) is 0 Å². The van der Waals surface area contributed by atoms with Crippen molar-refractivity contribution in [2.24, 2.45) is 0 Å². The van der Waals surface area contributed by atoms with Crippen molar-refractivity contribution in [3.8, 4) is 0 Å². The third kappa shape index (κ3) is 5.14. The molecule has 1 heterocycles. The van der Waals surface area contributed by atoms with E-state index in [-0.39, 0.29) is 18.3 Å². The number of halogens is 1. The van der Waals surface area contributed by atoms with Crippen LogP contribution in [0.2, 0.25) is 0 Å². The van der Waals surface area contributed by atoms with Crippen LogP contribution in [0.25, 0.3) is 0 Å². The van der Waals surface area contributed by atoms with E-state index < -0.39 is 0 Å². The Morgan fingerprint density at radius 3 is 2.90 bits per heavy atom. The molecule has 0 radical (unpaired) electrons. The molecule has 1 amide bonds. The number of aryl methyl sites for hydroxylation is 1. The minimum absolute atomic E-state index is 0. The monoisotopic (exact) mass is 296 g/mol. The molecular weight excluding hydrogens is 272 g/mol. The van der Waals surface area contributed by atoms with Crippen molar-refractivity contribution in [1.29, 1.82) is 0 Å². The molecule has 1 aromatic carbocycles. The van der Waals surface area contributed by atoms with E-state index in [1.54, 1.807) is 0 Å². The highest BCUT2D eigenvalue weighted by atomic mass is 35.5. The number of nitrogens with one attached hydrogen (secondary N) is 1. The van der Waals surface area contributed by atoms with Gasteiger partial charge in [-0.05, 0) is 38.3 Å². The molecule has 1 N–H and O–H groups in total. The second kappa shape index (κ2) is 8.28. The molecular formula is C16H25ClN2O. The van der Waals surface area contributed by atoms with Gasteiger partial charge in [0.25, 0.3) is 0 Å². The summed E-state index contributed by atoms with van der Waals surface area (Å²) in [6.07, 6.45) is 4.09. The summed E-state index contributed by atoms with van der Waals surface area (Å²) < 4.78 is 0. The summed E-state index contributed by atoms with van der Waals surface area (Å²) in [5.41, 5.74) is 2.45. The molecule has 1 aliphatic rings. The molecule has 1 aromatic rings. The molecule has 1 aliphatic heterocycles. The van der Waals surface area contributed by atoms with E-state index in [0.717, 1.165) is 13.0 Å². The van der Waals surface area contributed by atoms with Crippen LogP contribution in [0.5, 0.6) is 0 Å². The van der Waals surface area contributed by atoms with Gasteiger partial charge in [0.1, 0.15) is 0 Å². The Morgan fingerprint density at radius 2 is 2.25 bits per heavy atom. The number of amides is 1. The smallest absolute Gasteiger partial charge is 0.222 e. The summed E-state index contributed by atoms with van der Waals surface area (Å²) in [6.45, 7) is 3.90. The van der Waals surface area contributed by atoms with Crippen LogP contribution >= 0.6 is 12.4 Å². The fourth-order valence-corrected chi connectivity index (χ4v) is 2.66. The van der Waals surface area contributed by atoms with Crippen molar-refractivity contribution in [3.63, 3.8) is 0 Å². The zero-order chi connectivity index (χ0) is 13.7. The Bertz CT molecular complexity index is 430. The molecule has 0 aliphatic carbocycles. The Kier molecular flexibility index (Phi) is 7.03. The van der Waals surface area contributed by atoms with Crippen molar-refractivity contribution in [2.75, 3.05) is 13.6 Å². The Balaban J connectivity index is 0.00000200. The maximum absolute atomic E-state index is 12.1. The number of hydrogen-bond acceptors (Lipinski definition) is 2. The fourth-order valence-electron chi connectivity index (χ4n) is 2.66. The van der Waals surface area contributed by atoms with E-state index in [1.165, 1.54) is 24.0 Å². The molecule has 1 unspecified atom stereocenters. The molecule has 0 spiro atoms. The second-order valence-corrected chi connectivity index (χ2v) is 5.57. The van der Waals surface area contributed by atoms with Gasteiger partial charge in [0, 0.05) is 26.1 Å². The minimum atomic E-state index is 0. The van der Waals surface area contributed by atoms with Gasteiger partial charge in [-0.3, -0.25) is 4.79 Å². The molecule has 20 heavy (non-hydrogen) atoms. The number of carbonyl (C=O) groups excluding carboxylic acids is 1. The highest BCUT2D eigenvalue weighted by molar-refractivity contribution is 5.85. The number of nitrogens with zero attached hydrogens (tertiary/aromatic N) is 1. The maximum atomic E-state index is 12.1. The fraction of sp³-hybridized carbons (Fsp3) is 0.562. The van der Waals surface area contributed by atoms with Crippen LogP contribution in [0.15, 0.2) is 24.3 Å². The van der Waals surface area contributed by atoms with Crippen LogP contribution in [-0.4, -0.2) is 30.4 Å². The Morgan fingerprint density at radius 1 is 1.45 bits per heavy atom. The van der Waals surface area contributed by atoms with Crippen molar-refractivity contribution in [2.45, 2.75) is 45.2 Å². The highest BCUT2D eigenvalue weighted by Crippen LogP contribution is 2.13. The van der Waals surface area contributed by atoms with Crippen molar-refractivity contribution < 1.29 is 4.79 Å². The summed E-state index contributed by atoms with van der Waals surface area (Å²) >= 11 is 0. The van der Waals surface area contributed by atoms with Gasteiger partial charge in [0.05, 0.1) is 0 Å². The van der Waals surface area contributed by atoms with Crippen molar-refractivity contribution >= 4 is 18.3 Å². The number of rotatable bonds is 5. The second-order valence-electron chi connectivity index (χ2n) is 5.57. The standard InChI is InChI=1S/C16H24N2O.ClH/c1-13-5-3-6-14(11-13)12-18(2)16(19)9-8-15-7-4-10-17-15;/h3,5-6,11,15,17H,4,7-10,12H2,1-2H3;1H. The average molecular weight is 297 g/mol. The highest BCUT2D eigenvalue weighted by Gasteiger charge is 2.16. The Labute approximate surface area is 128 Å². The van der Waals surface area contributed by atoms with E-state index in [9.17, 15) is 4.79 Å². The van der Waals surface area contributed by atoms with Gasteiger partial charge in [-0.15, -0.1) is 12.4 Å². The van der Waals surface area contributed by atoms with E-state index in [2.05, 4.69) is 30.4 Å². The minimum Gasteiger partial charge on any atom is -0.341 e. The molecule has 2 rings (SSSR count). The molecule has 1 fully saturated rings. The molecule has 0 bridgehead atoms. The van der Waals surface area contributed by atoms with Gasteiger partial charge in [-0.1, -0.05) is 29.8 Å². The molecule has 0 aromatic heterocycles. The Hall–Kier alpha value is -1.06.